The van der Waals surface area contributed by atoms with E-state index in [2.05, 4.69) is 5.32 Å². The Balaban J connectivity index is 2.84. The van der Waals surface area contributed by atoms with Crippen LogP contribution >= 0.6 is 0 Å². The molecule has 0 aliphatic carbocycles. The van der Waals surface area contributed by atoms with Gasteiger partial charge in [0.2, 0.25) is 0 Å². The van der Waals surface area contributed by atoms with Gasteiger partial charge in [-0.1, -0.05) is 0 Å². The van der Waals surface area contributed by atoms with E-state index in [4.69, 9.17) is 9.47 Å². The van der Waals surface area contributed by atoms with Crippen molar-refractivity contribution < 1.29 is 19.1 Å². The second-order valence-electron chi connectivity index (χ2n) is 3.66. The maximum Gasteiger partial charge on any atom is 0.257 e. The Labute approximate surface area is 106 Å². The molecule has 1 N–H and O–H groups in total. The number of rotatable bonds is 6. The quantitative estimate of drug-likeness (QED) is 0.776. The third-order valence-electron chi connectivity index (χ3n) is 2.30. The third kappa shape index (κ3) is 3.76. The average molecular weight is 251 g/mol. The van der Waals surface area contributed by atoms with Gasteiger partial charge in [0.1, 0.15) is 11.5 Å². The molecule has 0 saturated carbocycles. The summed E-state index contributed by atoms with van der Waals surface area (Å²) < 4.78 is 10.4. The van der Waals surface area contributed by atoms with Crippen LogP contribution in [0.5, 0.6) is 11.5 Å². The summed E-state index contributed by atoms with van der Waals surface area (Å²) in [5, 5.41) is 2.61. The predicted octanol–water partition coefficient (Wildman–Crippen LogP) is 1.41. The van der Waals surface area contributed by atoms with Crippen LogP contribution in [0.25, 0.3) is 0 Å². The topological polar surface area (TPSA) is 64.6 Å². The zero-order chi connectivity index (χ0) is 13.5. The molecular weight excluding hydrogens is 234 g/mol. The number of likely N-dealkylation sites (N-methyl/N-ethyl adjacent to an activating group) is 1. The molecule has 0 aliphatic rings. The summed E-state index contributed by atoms with van der Waals surface area (Å²) in [4.78, 5) is 22.7. The van der Waals surface area contributed by atoms with Gasteiger partial charge in [0.15, 0.2) is 12.4 Å². The first kappa shape index (κ1) is 14.0. The highest BCUT2D eigenvalue weighted by molar-refractivity contribution is 5.97. The first-order valence-corrected chi connectivity index (χ1v) is 5.67. The van der Waals surface area contributed by atoms with Gasteiger partial charge >= 0.3 is 0 Å². The fourth-order valence-electron chi connectivity index (χ4n) is 1.43. The van der Waals surface area contributed by atoms with Crippen molar-refractivity contribution in [3.63, 3.8) is 0 Å². The average Bonchev–Trinajstić information content (AvgIpc) is 2.36. The number of carbonyl (C=O) groups excluding carboxylic acids is 2. The maximum atomic E-state index is 11.4. The van der Waals surface area contributed by atoms with E-state index in [1.54, 1.807) is 18.2 Å². The van der Waals surface area contributed by atoms with Gasteiger partial charge in [0.25, 0.3) is 5.91 Å². The second kappa shape index (κ2) is 6.64. The summed E-state index contributed by atoms with van der Waals surface area (Å²) in [7, 11) is 1.52. The smallest absolute Gasteiger partial charge is 0.257 e. The number of hydrogen-bond donors (Lipinski definition) is 1. The van der Waals surface area contributed by atoms with Gasteiger partial charge in [0.05, 0.1) is 12.7 Å². The Morgan fingerprint density at radius 1 is 1.33 bits per heavy atom. The molecule has 0 heterocycles. The van der Waals surface area contributed by atoms with E-state index in [1.807, 2.05) is 6.92 Å². The number of hydrogen-bond acceptors (Lipinski definition) is 4. The zero-order valence-electron chi connectivity index (χ0n) is 10.8. The number of methoxy groups -OCH3 is 1. The van der Waals surface area contributed by atoms with Crippen molar-refractivity contribution >= 4 is 11.7 Å². The highest BCUT2D eigenvalue weighted by Gasteiger charge is 2.11. The standard InChI is InChI=1S/C13H17NO4/c1-4-14-13(16)8-18-12-7-10(17-3)5-6-11(12)9(2)15/h5-7H,4,8H2,1-3H3,(H,14,16). The highest BCUT2D eigenvalue weighted by atomic mass is 16.5. The molecule has 0 radical (unpaired) electrons. The van der Waals surface area contributed by atoms with E-state index in [0.29, 0.717) is 23.6 Å². The van der Waals surface area contributed by atoms with Crippen molar-refractivity contribution in [1.29, 1.82) is 0 Å². The molecule has 0 bridgehead atoms. The summed E-state index contributed by atoms with van der Waals surface area (Å²) in [6.07, 6.45) is 0. The Hall–Kier alpha value is -2.04. The lowest BCUT2D eigenvalue weighted by molar-refractivity contribution is -0.123. The molecular formula is C13H17NO4. The lowest BCUT2D eigenvalue weighted by atomic mass is 10.1. The van der Waals surface area contributed by atoms with Crippen LogP contribution in [-0.2, 0) is 4.79 Å². The number of benzene rings is 1. The lowest BCUT2D eigenvalue weighted by Gasteiger charge is -2.11. The van der Waals surface area contributed by atoms with Gasteiger partial charge in [0, 0.05) is 12.6 Å². The molecule has 0 atom stereocenters. The minimum absolute atomic E-state index is 0.122. The van der Waals surface area contributed by atoms with Crippen LogP contribution in [-0.4, -0.2) is 32.0 Å². The lowest BCUT2D eigenvalue weighted by Crippen LogP contribution is -2.28. The van der Waals surface area contributed by atoms with Gasteiger partial charge in [-0.15, -0.1) is 0 Å². The summed E-state index contributed by atoms with van der Waals surface area (Å²) >= 11 is 0. The van der Waals surface area contributed by atoms with Crippen molar-refractivity contribution in [1.82, 2.24) is 5.32 Å². The van der Waals surface area contributed by atoms with Crippen molar-refractivity contribution in [2.24, 2.45) is 0 Å². The largest absolute Gasteiger partial charge is 0.497 e. The predicted molar refractivity (Wildman–Crippen MR) is 67.2 cm³/mol. The van der Waals surface area contributed by atoms with Crippen molar-refractivity contribution in [3.8, 4) is 11.5 Å². The van der Waals surface area contributed by atoms with E-state index in [1.165, 1.54) is 14.0 Å². The SMILES string of the molecule is CCNC(=O)COc1cc(OC)ccc1C(C)=O. The number of amides is 1. The molecule has 18 heavy (non-hydrogen) atoms. The van der Waals surface area contributed by atoms with Crippen molar-refractivity contribution in [3.05, 3.63) is 23.8 Å². The monoisotopic (exact) mass is 251 g/mol. The van der Waals surface area contributed by atoms with Crippen LogP contribution in [0.3, 0.4) is 0 Å². The van der Waals surface area contributed by atoms with E-state index < -0.39 is 0 Å². The fourth-order valence-corrected chi connectivity index (χ4v) is 1.43. The van der Waals surface area contributed by atoms with Crippen LogP contribution in [0.1, 0.15) is 24.2 Å². The second-order valence-corrected chi connectivity index (χ2v) is 3.66. The number of ether oxygens (including phenoxy) is 2. The normalized spacial score (nSPS) is 9.72. The molecule has 0 fully saturated rings. The van der Waals surface area contributed by atoms with E-state index in [-0.39, 0.29) is 18.3 Å². The first-order chi connectivity index (χ1) is 8.58. The van der Waals surface area contributed by atoms with Crippen molar-refractivity contribution in [2.45, 2.75) is 13.8 Å². The molecule has 0 unspecified atom stereocenters. The van der Waals surface area contributed by atoms with Crippen LogP contribution in [0, 0.1) is 0 Å². The molecule has 1 aromatic carbocycles. The zero-order valence-corrected chi connectivity index (χ0v) is 10.8. The fraction of sp³-hybridized carbons (Fsp3) is 0.385. The summed E-state index contributed by atoms with van der Waals surface area (Å²) in [5.74, 6) is 0.581. The molecule has 5 heteroatoms. The number of ketones is 1. The van der Waals surface area contributed by atoms with Crippen LogP contribution in [0.4, 0.5) is 0 Å². The molecule has 1 aromatic rings. The minimum Gasteiger partial charge on any atom is -0.497 e. The van der Waals surface area contributed by atoms with Gasteiger partial charge < -0.3 is 14.8 Å². The van der Waals surface area contributed by atoms with Crippen LogP contribution in [0.15, 0.2) is 18.2 Å². The molecule has 0 saturated heterocycles. The van der Waals surface area contributed by atoms with E-state index >= 15 is 0 Å². The molecule has 1 amide bonds. The van der Waals surface area contributed by atoms with Gasteiger partial charge in [-0.2, -0.15) is 0 Å². The Morgan fingerprint density at radius 2 is 2.06 bits per heavy atom. The van der Waals surface area contributed by atoms with Crippen molar-refractivity contribution in [2.75, 3.05) is 20.3 Å². The molecule has 0 spiro atoms. The van der Waals surface area contributed by atoms with E-state index in [9.17, 15) is 9.59 Å². The highest BCUT2D eigenvalue weighted by Crippen LogP contribution is 2.25. The molecule has 1 rings (SSSR count). The van der Waals surface area contributed by atoms with Gasteiger partial charge in [-0.25, -0.2) is 0 Å². The Kier molecular flexibility index (Phi) is 5.17. The molecule has 0 aliphatic heterocycles. The van der Waals surface area contributed by atoms with E-state index in [0.717, 1.165) is 0 Å². The number of nitrogens with one attached hydrogen (secondary N) is 1. The van der Waals surface area contributed by atoms with Gasteiger partial charge in [-0.05, 0) is 26.0 Å². The van der Waals surface area contributed by atoms with Crippen LogP contribution in [0.2, 0.25) is 0 Å². The summed E-state index contributed by atoms with van der Waals surface area (Å²) in [5.41, 5.74) is 0.431. The Morgan fingerprint density at radius 3 is 2.61 bits per heavy atom. The summed E-state index contributed by atoms with van der Waals surface area (Å²) in [6, 6.07) is 4.89. The van der Waals surface area contributed by atoms with Gasteiger partial charge in [-0.3, -0.25) is 9.59 Å². The minimum atomic E-state index is -0.227. The third-order valence-corrected chi connectivity index (χ3v) is 2.30. The summed E-state index contributed by atoms with van der Waals surface area (Å²) in [6.45, 7) is 3.69. The maximum absolute atomic E-state index is 11.4. The molecule has 0 aromatic heterocycles. The number of Topliss-reactive ketones (excluding diaryl/α,β-unsaturated/α-hetero) is 1. The molecule has 98 valence electrons. The number of carbonyl (C=O) groups is 2. The first-order valence-electron chi connectivity index (χ1n) is 5.67. The van der Waals surface area contributed by atoms with Crippen LogP contribution < -0.4 is 14.8 Å². The molecule has 5 nitrogen and oxygen atoms in total. The Bertz CT molecular complexity index is 443.